The Morgan fingerprint density at radius 3 is 2.11 bits per heavy atom. The van der Waals surface area contributed by atoms with Gasteiger partial charge in [0.25, 0.3) is 0 Å². The van der Waals surface area contributed by atoms with Crippen LogP contribution in [0.3, 0.4) is 0 Å². The molecule has 18 heavy (non-hydrogen) atoms. The highest BCUT2D eigenvalue weighted by atomic mass is 79.9. The van der Waals surface area contributed by atoms with Crippen molar-refractivity contribution in [3.63, 3.8) is 0 Å². The third kappa shape index (κ3) is 2.97. The van der Waals surface area contributed by atoms with Crippen molar-refractivity contribution in [1.29, 1.82) is 0 Å². The molecule has 1 atom stereocenters. The molecule has 1 N–H and O–H groups in total. The van der Waals surface area contributed by atoms with Gasteiger partial charge in [0.1, 0.15) is 0 Å². The van der Waals surface area contributed by atoms with Gasteiger partial charge in [-0.05, 0) is 56.0 Å². The van der Waals surface area contributed by atoms with Gasteiger partial charge in [-0.2, -0.15) is 0 Å². The molecule has 1 aromatic rings. The van der Waals surface area contributed by atoms with E-state index in [1.165, 1.54) is 39.6 Å². The molecule has 2 heteroatoms. The van der Waals surface area contributed by atoms with Crippen LogP contribution in [0.4, 0.5) is 0 Å². The summed E-state index contributed by atoms with van der Waals surface area (Å²) in [5.74, 6) is 0.696. The van der Waals surface area contributed by atoms with Gasteiger partial charge < -0.3 is 5.32 Å². The molecule has 0 saturated carbocycles. The van der Waals surface area contributed by atoms with Crippen molar-refractivity contribution in [2.24, 2.45) is 5.92 Å². The standard InChI is InChI=1S/C16H26BrN/c1-7-13(8-2)16(18-6)14-10(3)9-11(4)15(17)12(14)5/h9,13,16,18H,7-8H2,1-6H3. The van der Waals surface area contributed by atoms with Crippen LogP contribution in [-0.4, -0.2) is 7.05 Å². The summed E-state index contributed by atoms with van der Waals surface area (Å²) >= 11 is 3.73. The molecule has 1 aromatic carbocycles. The average Bonchev–Trinajstić information content (AvgIpc) is 2.35. The first-order valence-electron chi connectivity index (χ1n) is 6.91. The summed E-state index contributed by atoms with van der Waals surface area (Å²) in [6, 6.07) is 2.75. The van der Waals surface area contributed by atoms with Gasteiger partial charge >= 0.3 is 0 Å². The molecule has 0 aliphatic heterocycles. The maximum absolute atomic E-state index is 3.73. The minimum atomic E-state index is 0.455. The monoisotopic (exact) mass is 311 g/mol. The van der Waals surface area contributed by atoms with E-state index in [0.29, 0.717) is 12.0 Å². The molecule has 102 valence electrons. The van der Waals surface area contributed by atoms with Crippen LogP contribution in [0.25, 0.3) is 0 Å². The largest absolute Gasteiger partial charge is 0.313 e. The molecule has 1 unspecified atom stereocenters. The van der Waals surface area contributed by atoms with Crippen LogP contribution < -0.4 is 5.32 Å². The second-order valence-electron chi connectivity index (χ2n) is 5.21. The summed E-state index contributed by atoms with van der Waals surface area (Å²) < 4.78 is 1.26. The van der Waals surface area contributed by atoms with E-state index in [9.17, 15) is 0 Å². The third-order valence-corrected chi connectivity index (χ3v) is 5.30. The van der Waals surface area contributed by atoms with E-state index in [2.05, 4.69) is 69.0 Å². The maximum atomic E-state index is 3.73. The Kier molecular flexibility index (Phi) is 5.87. The van der Waals surface area contributed by atoms with Crippen LogP contribution >= 0.6 is 15.9 Å². The second-order valence-corrected chi connectivity index (χ2v) is 6.00. The molecule has 0 aromatic heterocycles. The highest BCUT2D eigenvalue weighted by Gasteiger charge is 2.23. The molecule has 0 saturated heterocycles. The average molecular weight is 312 g/mol. The highest BCUT2D eigenvalue weighted by Crippen LogP contribution is 2.35. The minimum absolute atomic E-state index is 0.455. The number of halogens is 1. The molecule has 0 aliphatic carbocycles. The fourth-order valence-electron chi connectivity index (χ4n) is 3.03. The zero-order chi connectivity index (χ0) is 13.9. The van der Waals surface area contributed by atoms with Gasteiger partial charge in [-0.25, -0.2) is 0 Å². The SMILES string of the molecule is CCC(CC)C(NC)c1c(C)cc(C)c(Br)c1C. The second kappa shape index (κ2) is 6.72. The normalized spacial score (nSPS) is 13.1. The molecule has 1 nitrogen and oxygen atoms in total. The van der Waals surface area contributed by atoms with Crippen LogP contribution in [0.2, 0.25) is 0 Å². The number of aryl methyl sites for hydroxylation is 2. The fraction of sp³-hybridized carbons (Fsp3) is 0.625. The van der Waals surface area contributed by atoms with E-state index in [1.54, 1.807) is 0 Å². The Labute approximate surface area is 120 Å². The lowest BCUT2D eigenvalue weighted by atomic mass is 9.84. The van der Waals surface area contributed by atoms with Crippen LogP contribution in [0, 0.1) is 26.7 Å². The van der Waals surface area contributed by atoms with Gasteiger partial charge in [0.05, 0.1) is 0 Å². The zero-order valence-electron chi connectivity index (χ0n) is 12.5. The Morgan fingerprint density at radius 1 is 1.11 bits per heavy atom. The van der Waals surface area contributed by atoms with Crippen LogP contribution in [0.15, 0.2) is 10.5 Å². The summed E-state index contributed by atoms with van der Waals surface area (Å²) in [4.78, 5) is 0. The molecule has 0 heterocycles. The van der Waals surface area contributed by atoms with Crippen molar-refractivity contribution in [2.75, 3.05) is 7.05 Å². The van der Waals surface area contributed by atoms with Gasteiger partial charge in [-0.1, -0.05) is 48.7 Å². The first-order chi connectivity index (χ1) is 8.47. The molecule has 0 aliphatic rings. The Hall–Kier alpha value is -0.340. The number of nitrogens with one attached hydrogen (secondary N) is 1. The molecular weight excluding hydrogens is 286 g/mol. The zero-order valence-corrected chi connectivity index (χ0v) is 14.1. The molecular formula is C16H26BrN. The molecule has 0 amide bonds. The lowest BCUT2D eigenvalue weighted by Gasteiger charge is -2.29. The minimum Gasteiger partial charge on any atom is -0.313 e. The van der Waals surface area contributed by atoms with Crippen molar-refractivity contribution < 1.29 is 0 Å². The number of hydrogen-bond acceptors (Lipinski definition) is 1. The Bertz CT molecular complexity index is 408. The lowest BCUT2D eigenvalue weighted by Crippen LogP contribution is -2.26. The van der Waals surface area contributed by atoms with Gasteiger partial charge in [-0.3, -0.25) is 0 Å². The van der Waals surface area contributed by atoms with Crippen molar-refractivity contribution in [3.05, 3.63) is 32.8 Å². The fourth-order valence-corrected chi connectivity index (χ4v) is 3.36. The first kappa shape index (κ1) is 15.7. The summed E-state index contributed by atoms with van der Waals surface area (Å²) in [5.41, 5.74) is 5.59. The lowest BCUT2D eigenvalue weighted by molar-refractivity contribution is 0.357. The van der Waals surface area contributed by atoms with E-state index < -0.39 is 0 Å². The van der Waals surface area contributed by atoms with Gasteiger partial charge in [0.2, 0.25) is 0 Å². The molecule has 0 spiro atoms. The molecule has 1 rings (SSSR count). The van der Waals surface area contributed by atoms with Gasteiger partial charge in [0.15, 0.2) is 0 Å². The Morgan fingerprint density at radius 2 is 1.67 bits per heavy atom. The Balaban J connectivity index is 3.33. The highest BCUT2D eigenvalue weighted by molar-refractivity contribution is 9.10. The van der Waals surface area contributed by atoms with Crippen molar-refractivity contribution >= 4 is 15.9 Å². The number of hydrogen-bond donors (Lipinski definition) is 1. The van der Waals surface area contributed by atoms with Crippen LogP contribution in [-0.2, 0) is 0 Å². The summed E-state index contributed by atoms with van der Waals surface area (Å²) in [7, 11) is 2.08. The molecule has 0 radical (unpaired) electrons. The number of rotatable bonds is 5. The predicted molar refractivity (Wildman–Crippen MR) is 84.2 cm³/mol. The topological polar surface area (TPSA) is 12.0 Å². The maximum Gasteiger partial charge on any atom is 0.0351 e. The summed E-state index contributed by atoms with van der Waals surface area (Å²) in [6.45, 7) is 11.2. The van der Waals surface area contributed by atoms with E-state index >= 15 is 0 Å². The quantitative estimate of drug-likeness (QED) is 0.800. The molecule has 0 fully saturated rings. The molecule has 0 bridgehead atoms. The van der Waals surface area contributed by atoms with E-state index in [1.807, 2.05) is 0 Å². The van der Waals surface area contributed by atoms with E-state index in [4.69, 9.17) is 0 Å². The van der Waals surface area contributed by atoms with Crippen LogP contribution in [0.1, 0.15) is 55.0 Å². The van der Waals surface area contributed by atoms with E-state index in [-0.39, 0.29) is 0 Å². The predicted octanol–water partition coefficient (Wildman–Crippen LogP) is 5.07. The smallest absolute Gasteiger partial charge is 0.0351 e. The van der Waals surface area contributed by atoms with Crippen molar-refractivity contribution in [1.82, 2.24) is 5.32 Å². The number of benzene rings is 1. The van der Waals surface area contributed by atoms with Crippen LogP contribution in [0.5, 0.6) is 0 Å². The van der Waals surface area contributed by atoms with E-state index in [0.717, 1.165) is 0 Å². The van der Waals surface area contributed by atoms with Crippen molar-refractivity contribution in [3.8, 4) is 0 Å². The third-order valence-electron chi connectivity index (χ3n) is 4.08. The first-order valence-corrected chi connectivity index (χ1v) is 7.70. The van der Waals surface area contributed by atoms with Gasteiger partial charge in [0, 0.05) is 10.5 Å². The van der Waals surface area contributed by atoms with Gasteiger partial charge in [-0.15, -0.1) is 0 Å². The summed E-state index contributed by atoms with van der Waals surface area (Å²) in [5, 5.41) is 3.53. The van der Waals surface area contributed by atoms with Crippen molar-refractivity contribution in [2.45, 2.75) is 53.5 Å². The summed E-state index contributed by atoms with van der Waals surface area (Å²) in [6.07, 6.45) is 2.43.